The molecule has 1 saturated heterocycles. The summed E-state index contributed by atoms with van der Waals surface area (Å²) in [4.78, 5) is 24.1. The van der Waals surface area contributed by atoms with Crippen LogP contribution in [0.3, 0.4) is 0 Å². The highest BCUT2D eigenvalue weighted by Crippen LogP contribution is 2.30. The fourth-order valence-corrected chi connectivity index (χ4v) is 4.54. The highest BCUT2D eigenvalue weighted by Gasteiger charge is 2.28. The first kappa shape index (κ1) is 22.8. The molecule has 1 heterocycles. The van der Waals surface area contributed by atoms with Crippen LogP contribution >= 0.6 is 11.8 Å². The van der Waals surface area contributed by atoms with Gasteiger partial charge in [0.25, 0.3) is 0 Å². The first-order chi connectivity index (χ1) is 14.7. The van der Waals surface area contributed by atoms with E-state index in [1.807, 2.05) is 42.3 Å². The zero-order valence-corrected chi connectivity index (χ0v) is 18.2. The van der Waals surface area contributed by atoms with Gasteiger partial charge in [-0.25, -0.2) is 4.79 Å². The Hall–Kier alpha value is -1.85. The molecule has 162 valence electrons. The van der Waals surface area contributed by atoms with Crippen LogP contribution in [0.5, 0.6) is 0 Å². The summed E-state index contributed by atoms with van der Waals surface area (Å²) in [6.07, 6.45) is 8.61. The zero-order chi connectivity index (χ0) is 21.0. The van der Waals surface area contributed by atoms with Gasteiger partial charge in [-0.05, 0) is 49.5 Å². The van der Waals surface area contributed by atoms with E-state index in [1.54, 1.807) is 11.8 Å². The number of rotatable bonds is 12. The molecule has 1 aliphatic carbocycles. The molecule has 5 nitrogen and oxygen atoms in total. The molecule has 0 amide bonds. The molecule has 0 N–H and O–H groups in total. The number of hydrogen-bond donors (Lipinski definition) is 0. The first-order valence-electron chi connectivity index (χ1n) is 10.8. The zero-order valence-electron chi connectivity index (χ0n) is 17.3. The van der Waals surface area contributed by atoms with Crippen LogP contribution in [0.1, 0.15) is 56.9 Å². The molecule has 0 bridgehead atoms. The van der Waals surface area contributed by atoms with Crippen molar-refractivity contribution in [2.75, 3.05) is 12.4 Å². The van der Waals surface area contributed by atoms with Crippen molar-refractivity contribution in [3.63, 3.8) is 0 Å². The lowest BCUT2D eigenvalue weighted by Gasteiger charge is -2.24. The van der Waals surface area contributed by atoms with Crippen molar-refractivity contribution in [1.29, 1.82) is 0 Å². The van der Waals surface area contributed by atoms with E-state index in [1.165, 1.54) is 0 Å². The van der Waals surface area contributed by atoms with E-state index in [-0.39, 0.29) is 18.2 Å². The van der Waals surface area contributed by atoms with Gasteiger partial charge in [-0.3, -0.25) is 4.79 Å². The molecule has 0 radical (unpaired) electrons. The Morgan fingerprint density at radius 1 is 1.17 bits per heavy atom. The molecule has 1 aliphatic heterocycles. The summed E-state index contributed by atoms with van der Waals surface area (Å²) >= 11 is 1.61. The van der Waals surface area contributed by atoms with E-state index >= 15 is 0 Å². The highest BCUT2D eigenvalue weighted by atomic mass is 32.2. The second-order valence-corrected chi connectivity index (χ2v) is 8.72. The number of hydrogen-bond acceptors (Lipinski definition) is 6. The van der Waals surface area contributed by atoms with Crippen molar-refractivity contribution in [2.45, 2.75) is 70.4 Å². The lowest BCUT2D eigenvalue weighted by molar-refractivity contribution is -0.178. The molecule has 1 aromatic rings. The van der Waals surface area contributed by atoms with Gasteiger partial charge in [-0.1, -0.05) is 36.8 Å². The summed E-state index contributed by atoms with van der Waals surface area (Å²) in [7, 11) is 0. The minimum atomic E-state index is -0.165. The Morgan fingerprint density at radius 3 is 2.80 bits per heavy atom. The molecule has 2 atom stereocenters. The molecule has 0 spiro atoms. The summed E-state index contributed by atoms with van der Waals surface area (Å²) in [5.74, 6) is 3.35. The van der Waals surface area contributed by atoms with E-state index in [4.69, 9.17) is 14.2 Å². The van der Waals surface area contributed by atoms with E-state index in [0.717, 1.165) is 61.4 Å². The summed E-state index contributed by atoms with van der Waals surface area (Å²) in [5.41, 5.74) is 1.04. The maximum atomic E-state index is 12.2. The van der Waals surface area contributed by atoms with Gasteiger partial charge in [-0.15, -0.1) is 11.8 Å². The second-order valence-electron chi connectivity index (χ2n) is 7.59. The quantitative estimate of drug-likeness (QED) is 0.265. The van der Waals surface area contributed by atoms with Gasteiger partial charge < -0.3 is 14.2 Å². The van der Waals surface area contributed by atoms with Crippen molar-refractivity contribution < 1.29 is 23.8 Å². The predicted molar refractivity (Wildman–Crippen MR) is 118 cm³/mol. The highest BCUT2D eigenvalue weighted by molar-refractivity contribution is 8.04. The van der Waals surface area contributed by atoms with Crippen LogP contribution in [0.4, 0.5) is 0 Å². The van der Waals surface area contributed by atoms with Gasteiger partial charge in [0.15, 0.2) is 23.8 Å². The number of Topliss-reactive ketones (excluding diaryl/α,β-unsaturated/α-hetero) is 1. The molecular formula is C24H30O5S. The Kier molecular flexibility index (Phi) is 9.71. The standard InChI is InChI=1S/C24H30O5S/c25-17-20(28-18-19-9-3-1-4-10-19)11-5-2-8-14-30-23-16-21(15-22(23)26)29-24-12-6-7-13-27-24/h1,3-4,9-10,16,21,24H,2,5-8,11-15,18H2. The van der Waals surface area contributed by atoms with Crippen LogP contribution in [-0.4, -0.2) is 36.5 Å². The van der Waals surface area contributed by atoms with Crippen LogP contribution in [0, 0.1) is 0 Å². The molecule has 2 aliphatic rings. The van der Waals surface area contributed by atoms with Crippen molar-refractivity contribution in [1.82, 2.24) is 0 Å². The van der Waals surface area contributed by atoms with Crippen LogP contribution in [0.25, 0.3) is 0 Å². The predicted octanol–water partition coefficient (Wildman–Crippen LogP) is 4.98. The normalized spacial score (nSPS) is 21.2. The largest absolute Gasteiger partial charge is 0.482 e. The summed E-state index contributed by atoms with van der Waals surface area (Å²) < 4.78 is 17.1. The van der Waals surface area contributed by atoms with Gasteiger partial charge in [0.05, 0.1) is 6.10 Å². The fraction of sp³-hybridized carbons (Fsp3) is 0.542. The number of benzene rings is 1. The number of unbranched alkanes of at least 4 members (excludes halogenated alkanes) is 2. The molecule has 0 aromatic heterocycles. The lowest BCUT2D eigenvalue weighted by Crippen LogP contribution is -2.26. The first-order valence-corrected chi connectivity index (χ1v) is 11.8. The number of ketones is 1. The van der Waals surface area contributed by atoms with Crippen molar-refractivity contribution in [3.8, 4) is 0 Å². The number of thioether (sulfide) groups is 1. The lowest BCUT2D eigenvalue weighted by atomic mass is 10.2. The third-order valence-electron chi connectivity index (χ3n) is 5.14. The van der Waals surface area contributed by atoms with Crippen LogP contribution in [-0.2, 0) is 30.4 Å². The second kappa shape index (κ2) is 12.8. The third kappa shape index (κ3) is 7.77. The maximum Gasteiger partial charge on any atom is 0.179 e. The third-order valence-corrected chi connectivity index (χ3v) is 6.31. The van der Waals surface area contributed by atoms with E-state index in [2.05, 4.69) is 0 Å². The number of carbonyl (C=O) groups is 1. The van der Waals surface area contributed by atoms with Crippen LogP contribution < -0.4 is 0 Å². The fourth-order valence-electron chi connectivity index (χ4n) is 3.48. The van der Waals surface area contributed by atoms with E-state index < -0.39 is 0 Å². The summed E-state index contributed by atoms with van der Waals surface area (Å²) in [5, 5.41) is 0. The topological polar surface area (TPSA) is 61.8 Å². The van der Waals surface area contributed by atoms with E-state index in [0.29, 0.717) is 25.2 Å². The minimum Gasteiger partial charge on any atom is -0.482 e. The average molecular weight is 431 g/mol. The van der Waals surface area contributed by atoms with Crippen LogP contribution in [0.15, 0.2) is 47.1 Å². The summed E-state index contributed by atoms with van der Waals surface area (Å²) in [6, 6.07) is 9.78. The molecule has 3 rings (SSSR count). The van der Waals surface area contributed by atoms with Crippen molar-refractivity contribution in [2.24, 2.45) is 0 Å². The van der Waals surface area contributed by atoms with Gasteiger partial charge in [0, 0.05) is 24.4 Å². The molecule has 30 heavy (non-hydrogen) atoms. The van der Waals surface area contributed by atoms with Gasteiger partial charge in [0.2, 0.25) is 0 Å². The average Bonchev–Trinajstić information content (AvgIpc) is 3.12. The molecule has 1 aromatic carbocycles. The Labute approximate surface area is 182 Å². The Balaban J connectivity index is 1.27. The van der Waals surface area contributed by atoms with Gasteiger partial charge in [0.1, 0.15) is 6.61 Å². The monoisotopic (exact) mass is 430 g/mol. The number of allylic oxidation sites excluding steroid dienone is 2. The molecule has 0 saturated carbocycles. The molecular weight excluding hydrogens is 400 g/mol. The van der Waals surface area contributed by atoms with Gasteiger partial charge in [-0.2, -0.15) is 0 Å². The van der Waals surface area contributed by atoms with Gasteiger partial charge >= 0.3 is 0 Å². The maximum absolute atomic E-state index is 12.2. The molecule has 1 fully saturated rings. The molecule has 6 heteroatoms. The number of ether oxygens (including phenoxy) is 3. The van der Waals surface area contributed by atoms with Crippen molar-refractivity contribution in [3.05, 3.63) is 52.6 Å². The Morgan fingerprint density at radius 2 is 2.03 bits per heavy atom. The minimum absolute atomic E-state index is 0.148. The molecule has 2 unspecified atom stereocenters. The van der Waals surface area contributed by atoms with Crippen LogP contribution in [0.2, 0.25) is 0 Å². The summed E-state index contributed by atoms with van der Waals surface area (Å²) in [6.45, 7) is 1.14. The number of carbonyl (C=O) groups excluding carboxylic acids is 2. The van der Waals surface area contributed by atoms with E-state index in [9.17, 15) is 9.59 Å². The van der Waals surface area contributed by atoms with Crippen molar-refractivity contribution >= 4 is 23.5 Å². The SMILES string of the molecule is O=C=C(CCCCCSC1=CC(OC2CCCCO2)CC1=O)OCc1ccccc1. The Bertz CT molecular complexity index is 748. The smallest absolute Gasteiger partial charge is 0.179 e.